The summed E-state index contributed by atoms with van der Waals surface area (Å²) >= 11 is 0. The van der Waals surface area contributed by atoms with Gasteiger partial charge in [-0.2, -0.15) is 8.78 Å². The topological polar surface area (TPSA) is 58.2 Å². The molecule has 0 aliphatic carbocycles. The van der Waals surface area contributed by atoms with E-state index in [1.54, 1.807) is 60.7 Å². The molecular formula is C26H20F2N2O2. The van der Waals surface area contributed by atoms with Crippen LogP contribution in [-0.4, -0.2) is 17.6 Å². The number of ketones is 1. The molecule has 0 fully saturated rings. The number of nitrogens with one attached hydrogen (secondary N) is 2. The lowest BCUT2D eigenvalue weighted by atomic mass is 9.93. The second-order valence-corrected chi connectivity index (χ2v) is 7.32. The van der Waals surface area contributed by atoms with E-state index in [-0.39, 0.29) is 11.1 Å². The number of hydrogen-bond donors (Lipinski definition) is 2. The van der Waals surface area contributed by atoms with Gasteiger partial charge in [-0.05, 0) is 34.5 Å². The first-order valence-electron chi connectivity index (χ1n) is 10.0. The Morgan fingerprint density at radius 1 is 0.688 bits per heavy atom. The van der Waals surface area contributed by atoms with Crippen LogP contribution in [0, 0.1) is 0 Å². The zero-order chi connectivity index (χ0) is 22.6. The standard InChI is InChI=1S/C26H20F2N2O2/c27-26(28,24(31)19-10-3-1-4-11-19)23(29-30-25(32)20-12-5-2-6-13-20)22-16-15-18-9-7-8-14-21(18)17-22/h1-17,23,29H,(H,30,32)/t23-/m0/s1. The van der Waals surface area contributed by atoms with E-state index in [0.29, 0.717) is 5.56 Å². The molecule has 0 heterocycles. The van der Waals surface area contributed by atoms with Crippen LogP contribution in [-0.2, 0) is 0 Å². The first-order chi connectivity index (χ1) is 15.5. The Morgan fingerprint density at radius 3 is 1.91 bits per heavy atom. The highest BCUT2D eigenvalue weighted by atomic mass is 19.3. The van der Waals surface area contributed by atoms with E-state index in [1.807, 2.05) is 12.1 Å². The van der Waals surface area contributed by atoms with Gasteiger partial charge in [0.15, 0.2) is 0 Å². The average Bonchev–Trinajstić information content (AvgIpc) is 2.84. The first-order valence-corrected chi connectivity index (χ1v) is 10.0. The van der Waals surface area contributed by atoms with E-state index < -0.39 is 23.7 Å². The van der Waals surface area contributed by atoms with Crippen LogP contribution in [0.5, 0.6) is 0 Å². The third-order valence-electron chi connectivity index (χ3n) is 5.17. The number of fused-ring (bicyclic) bond motifs is 1. The van der Waals surface area contributed by atoms with Crippen LogP contribution in [0.25, 0.3) is 10.8 Å². The minimum atomic E-state index is -3.84. The summed E-state index contributed by atoms with van der Waals surface area (Å²) in [4.78, 5) is 25.2. The van der Waals surface area contributed by atoms with Crippen molar-refractivity contribution in [2.45, 2.75) is 12.0 Å². The molecule has 0 bridgehead atoms. The fourth-order valence-electron chi connectivity index (χ4n) is 3.48. The molecule has 4 aromatic rings. The summed E-state index contributed by atoms with van der Waals surface area (Å²) in [6.07, 6.45) is 0. The van der Waals surface area contributed by atoms with Crippen LogP contribution in [0.4, 0.5) is 8.78 Å². The molecule has 4 aromatic carbocycles. The fourth-order valence-corrected chi connectivity index (χ4v) is 3.48. The van der Waals surface area contributed by atoms with Gasteiger partial charge >= 0.3 is 5.92 Å². The Bertz CT molecular complexity index is 1240. The molecule has 0 spiro atoms. The predicted octanol–water partition coefficient (Wildman–Crippen LogP) is 5.33. The molecule has 0 aliphatic rings. The van der Waals surface area contributed by atoms with E-state index in [2.05, 4.69) is 10.9 Å². The highest BCUT2D eigenvalue weighted by molar-refractivity contribution is 6.02. The van der Waals surface area contributed by atoms with Crippen LogP contribution >= 0.6 is 0 Å². The van der Waals surface area contributed by atoms with Crippen molar-refractivity contribution in [3.63, 3.8) is 0 Å². The third-order valence-corrected chi connectivity index (χ3v) is 5.17. The zero-order valence-electron chi connectivity index (χ0n) is 17.0. The highest BCUT2D eigenvalue weighted by Gasteiger charge is 2.48. The Morgan fingerprint density at radius 2 is 1.25 bits per heavy atom. The lowest BCUT2D eigenvalue weighted by molar-refractivity contribution is -0.0194. The number of benzene rings is 4. The SMILES string of the molecule is O=C(NN[C@@H](c1ccc2ccccc2c1)C(F)(F)C(=O)c1ccccc1)c1ccccc1. The van der Waals surface area contributed by atoms with E-state index in [4.69, 9.17) is 0 Å². The van der Waals surface area contributed by atoms with Gasteiger partial charge in [0, 0.05) is 11.1 Å². The van der Waals surface area contributed by atoms with Crippen molar-refractivity contribution in [3.05, 3.63) is 120 Å². The fraction of sp³-hybridized carbons (Fsp3) is 0.0769. The van der Waals surface area contributed by atoms with Crippen LogP contribution in [0.2, 0.25) is 0 Å². The number of hydrazine groups is 1. The van der Waals surface area contributed by atoms with Crippen LogP contribution in [0.1, 0.15) is 32.3 Å². The van der Waals surface area contributed by atoms with Crippen LogP contribution in [0.3, 0.4) is 0 Å². The van der Waals surface area contributed by atoms with Gasteiger partial charge in [-0.3, -0.25) is 15.0 Å². The lowest BCUT2D eigenvalue weighted by Gasteiger charge is -2.27. The third kappa shape index (κ3) is 4.40. The number of hydrogen-bond acceptors (Lipinski definition) is 3. The summed E-state index contributed by atoms with van der Waals surface area (Å²) < 4.78 is 31.1. The van der Waals surface area contributed by atoms with Gasteiger partial charge in [-0.1, -0.05) is 84.9 Å². The predicted molar refractivity (Wildman–Crippen MR) is 119 cm³/mol. The molecule has 1 amide bonds. The minimum Gasteiger partial charge on any atom is -0.287 e. The Labute approximate surface area is 183 Å². The second-order valence-electron chi connectivity index (χ2n) is 7.32. The number of rotatable bonds is 7. The molecule has 0 radical (unpaired) electrons. The van der Waals surface area contributed by atoms with E-state index >= 15 is 8.78 Å². The van der Waals surface area contributed by atoms with E-state index in [9.17, 15) is 9.59 Å². The Balaban J connectivity index is 1.69. The molecule has 0 aliphatic heterocycles. The maximum atomic E-state index is 15.5. The molecule has 160 valence electrons. The smallest absolute Gasteiger partial charge is 0.287 e. The Hall–Kier alpha value is -3.90. The van der Waals surface area contributed by atoms with Gasteiger partial charge in [-0.25, -0.2) is 5.43 Å². The van der Waals surface area contributed by atoms with E-state index in [1.165, 1.54) is 30.3 Å². The largest absolute Gasteiger partial charge is 0.330 e. The summed E-state index contributed by atoms with van der Waals surface area (Å²) in [6.45, 7) is 0. The minimum absolute atomic E-state index is 0.112. The number of alkyl halides is 2. The van der Waals surface area contributed by atoms with Gasteiger partial charge in [-0.15, -0.1) is 0 Å². The van der Waals surface area contributed by atoms with Gasteiger partial charge in [0.05, 0.1) is 0 Å². The molecule has 0 saturated carbocycles. The van der Waals surface area contributed by atoms with Crippen molar-refractivity contribution in [3.8, 4) is 0 Å². The first kappa shape index (κ1) is 21.3. The summed E-state index contributed by atoms with van der Waals surface area (Å²) in [5, 5.41) is 1.62. The molecule has 0 unspecified atom stereocenters. The second kappa shape index (κ2) is 9.08. The summed E-state index contributed by atoms with van der Waals surface area (Å²) in [5.41, 5.74) is 5.12. The monoisotopic (exact) mass is 430 g/mol. The molecule has 4 rings (SSSR count). The van der Waals surface area contributed by atoms with E-state index in [0.717, 1.165) is 10.8 Å². The summed E-state index contributed by atoms with van der Waals surface area (Å²) in [5.74, 6) is -5.76. The summed E-state index contributed by atoms with van der Waals surface area (Å²) in [7, 11) is 0. The van der Waals surface area contributed by atoms with Gasteiger partial charge < -0.3 is 0 Å². The number of halogens is 2. The molecular weight excluding hydrogens is 410 g/mol. The van der Waals surface area contributed by atoms with Crippen molar-refractivity contribution >= 4 is 22.5 Å². The van der Waals surface area contributed by atoms with Crippen molar-refractivity contribution in [1.29, 1.82) is 0 Å². The lowest BCUT2D eigenvalue weighted by Crippen LogP contribution is -2.50. The maximum absolute atomic E-state index is 15.5. The average molecular weight is 430 g/mol. The van der Waals surface area contributed by atoms with Crippen molar-refractivity contribution < 1.29 is 18.4 Å². The van der Waals surface area contributed by atoms with Gasteiger partial charge in [0.2, 0.25) is 5.78 Å². The maximum Gasteiger partial charge on any atom is 0.330 e. The van der Waals surface area contributed by atoms with Gasteiger partial charge in [0.25, 0.3) is 5.91 Å². The van der Waals surface area contributed by atoms with Gasteiger partial charge in [0.1, 0.15) is 6.04 Å². The molecule has 4 nitrogen and oxygen atoms in total. The van der Waals surface area contributed by atoms with Crippen molar-refractivity contribution in [2.24, 2.45) is 0 Å². The molecule has 0 saturated heterocycles. The quantitative estimate of drug-likeness (QED) is 0.308. The summed E-state index contributed by atoms with van der Waals surface area (Å²) in [6, 6.07) is 26.0. The number of amides is 1. The number of carbonyl (C=O) groups is 2. The number of Topliss-reactive ketones (excluding diaryl/α,β-unsaturated/α-hetero) is 1. The van der Waals surface area contributed by atoms with Crippen LogP contribution < -0.4 is 10.9 Å². The Kier molecular flexibility index (Phi) is 6.05. The molecule has 0 aromatic heterocycles. The zero-order valence-corrected chi connectivity index (χ0v) is 17.0. The van der Waals surface area contributed by atoms with Crippen molar-refractivity contribution in [1.82, 2.24) is 10.9 Å². The molecule has 32 heavy (non-hydrogen) atoms. The normalized spacial score (nSPS) is 12.3. The van der Waals surface area contributed by atoms with Crippen LogP contribution in [0.15, 0.2) is 103 Å². The number of carbonyl (C=O) groups excluding carboxylic acids is 2. The molecule has 6 heteroatoms. The highest BCUT2D eigenvalue weighted by Crippen LogP contribution is 2.35. The molecule has 1 atom stereocenters. The molecule has 2 N–H and O–H groups in total. The van der Waals surface area contributed by atoms with Crippen molar-refractivity contribution in [2.75, 3.05) is 0 Å².